The largest absolute Gasteiger partial charge is 0.369 e. The van der Waals surface area contributed by atoms with Crippen LogP contribution < -0.4 is 0 Å². The van der Waals surface area contributed by atoms with E-state index in [9.17, 15) is 0 Å². The van der Waals surface area contributed by atoms with Crippen molar-refractivity contribution in [2.45, 2.75) is 167 Å². The van der Waals surface area contributed by atoms with Crippen molar-refractivity contribution in [1.82, 2.24) is 0 Å². The van der Waals surface area contributed by atoms with Crippen molar-refractivity contribution < 1.29 is 37.9 Å². The van der Waals surface area contributed by atoms with Crippen molar-refractivity contribution in [2.24, 2.45) is 35.5 Å². The highest BCUT2D eigenvalue weighted by molar-refractivity contribution is 4.96. The van der Waals surface area contributed by atoms with E-state index >= 15 is 0 Å². The molecule has 0 aromatic carbocycles. The number of ether oxygens (including phenoxy) is 8. The second-order valence-electron chi connectivity index (χ2n) is 15.3. The minimum Gasteiger partial charge on any atom is -0.369 e. The van der Waals surface area contributed by atoms with Crippen molar-refractivity contribution in [1.29, 1.82) is 0 Å². The maximum atomic E-state index is 7.05. The molecule has 8 nitrogen and oxygen atoms in total. The van der Waals surface area contributed by atoms with E-state index in [1.807, 2.05) is 0 Å². The molecule has 7 heterocycles. The lowest BCUT2D eigenvalue weighted by Crippen LogP contribution is -2.60. The number of rotatable bonds is 0. The molecule has 42 heavy (non-hydrogen) atoms. The van der Waals surface area contributed by atoms with E-state index in [0.717, 1.165) is 51.4 Å². The lowest BCUT2D eigenvalue weighted by molar-refractivity contribution is -0.342. The Balaban J connectivity index is 1.21. The fraction of sp³-hybridized carbons (Fsp3) is 1.00. The molecule has 7 fully saturated rings. The van der Waals surface area contributed by atoms with E-state index < -0.39 is 0 Å². The SMILES string of the molecule is C[C@@H]1CO[C@@H]2O[C@H]1[C@H]1CC[C@H](C)[C@H](O1)[C@H]1O[C@H](CC[C@@H]1C)[C@@H]1O[C@@H](OC[C@H]1C)[C@@H]1CC[C@@H](C)[C@@H](O1)[C@@H]1O[C@H]2CC[C@H]1C. The molecule has 18 atom stereocenters. The molecule has 240 valence electrons. The fourth-order valence-electron chi connectivity index (χ4n) is 9.11. The molecule has 7 saturated heterocycles. The second kappa shape index (κ2) is 12.5. The molecule has 0 N–H and O–H groups in total. The molecular formula is C34H56O8. The second-order valence-corrected chi connectivity index (χ2v) is 15.3. The van der Waals surface area contributed by atoms with Crippen molar-refractivity contribution in [3.05, 3.63) is 0 Å². The van der Waals surface area contributed by atoms with Crippen molar-refractivity contribution in [2.75, 3.05) is 13.2 Å². The van der Waals surface area contributed by atoms with Gasteiger partial charge in [-0.3, -0.25) is 0 Å². The Morgan fingerprint density at radius 2 is 0.619 bits per heavy atom. The normalized spacial score (nSPS) is 57.0. The summed E-state index contributed by atoms with van der Waals surface area (Å²) in [6.07, 6.45) is 7.41. The van der Waals surface area contributed by atoms with Gasteiger partial charge in [0, 0.05) is 11.8 Å². The van der Waals surface area contributed by atoms with E-state index in [4.69, 9.17) is 37.9 Å². The van der Waals surface area contributed by atoms with Crippen LogP contribution in [0.2, 0.25) is 0 Å². The van der Waals surface area contributed by atoms with Crippen molar-refractivity contribution in [3.63, 3.8) is 0 Å². The van der Waals surface area contributed by atoms with E-state index in [1.54, 1.807) is 0 Å². The van der Waals surface area contributed by atoms with Gasteiger partial charge in [0.25, 0.3) is 0 Å². The Morgan fingerprint density at radius 1 is 0.310 bits per heavy atom. The first-order valence-corrected chi connectivity index (χ1v) is 17.4. The minimum absolute atomic E-state index is 0.0103. The van der Waals surface area contributed by atoms with Gasteiger partial charge in [0.1, 0.15) is 12.2 Å². The van der Waals surface area contributed by atoms with Crippen LogP contribution in [0.25, 0.3) is 0 Å². The third-order valence-corrected chi connectivity index (χ3v) is 11.9. The Hall–Kier alpha value is -0.320. The lowest BCUT2D eigenvalue weighted by Gasteiger charge is -2.52. The number of fused-ring (bicyclic) bond motifs is 18. The van der Waals surface area contributed by atoms with Gasteiger partial charge in [-0.15, -0.1) is 0 Å². The monoisotopic (exact) mass is 592 g/mol. The van der Waals surface area contributed by atoms with Gasteiger partial charge in [0.2, 0.25) is 0 Å². The smallest absolute Gasteiger partial charge is 0.184 e. The van der Waals surface area contributed by atoms with Gasteiger partial charge in [-0.05, 0) is 75.0 Å². The van der Waals surface area contributed by atoms with Crippen LogP contribution in [-0.4, -0.2) is 86.8 Å². The third-order valence-electron chi connectivity index (χ3n) is 11.9. The maximum absolute atomic E-state index is 7.05. The summed E-state index contributed by atoms with van der Waals surface area (Å²) in [7, 11) is 0. The summed E-state index contributed by atoms with van der Waals surface area (Å²) in [5.41, 5.74) is 0. The molecule has 0 saturated carbocycles. The van der Waals surface area contributed by atoms with E-state index in [1.165, 1.54) is 0 Å². The molecule has 0 unspecified atom stereocenters. The first kappa shape index (κ1) is 30.3. The Morgan fingerprint density at radius 3 is 0.976 bits per heavy atom. The summed E-state index contributed by atoms with van der Waals surface area (Å²) in [4.78, 5) is 0. The summed E-state index contributed by atoms with van der Waals surface area (Å²) in [5, 5.41) is 0. The van der Waals surface area contributed by atoms with Gasteiger partial charge in [-0.25, -0.2) is 0 Å². The standard InChI is InChI=1S/C34H56O8/c1-17-7-11-23-27-21(5)15-35-33(41-27)25-13-9-19(3)31(39-25)32-20(4)10-14-26(40-32)34-36-16-22(6)28(42-34)24-12-8-18(2)30(38-24)29(17)37-23/h17-34H,7-16H2,1-6H3/t17-,18-,19+,20+,21+,22+,23+,24+,25-,26-,27+,28+,29-,30-,31+,32+,33+,34+/m0/s1. The predicted octanol–water partition coefficient (Wildman–Crippen LogP) is 5.49. The van der Waals surface area contributed by atoms with Gasteiger partial charge in [0.15, 0.2) is 12.6 Å². The van der Waals surface area contributed by atoms with Crippen LogP contribution in [0.15, 0.2) is 0 Å². The van der Waals surface area contributed by atoms with E-state index in [0.29, 0.717) is 36.9 Å². The molecule has 0 aliphatic carbocycles. The van der Waals surface area contributed by atoms with Gasteiger partial charge in [-0.1, -0.05) is 41.5 Å². The van der Waals surface area contributed by atoms with Crippen LogP contribution in [0.1, 0.15) is 92.9 Å². The van der Waals surface area contributed by atoms with Crippen LogP contribution in [0.3, 0.4) is 0 Å². The molecule has 0 radical (unpaired) electrons. The highest BCUT2D eigenvalue weighted by atomic mass is 16.7. The van der Waals surface area contributed by atoms with Crippen LogP contribution in [0.4, 0.5) is 0 Å². The van der Waals surface area contributed by atoms with Crippen molar-refractivity contribution in [3.8, 4) is 0 Å². The first-order valence-electron chi connectivity index (χ1n) is 17.4. The van der Waals surface area contributed by atoms with Gasteiger partial charge in [0.05, 0.1) is 62.0 Å². The van der Waals surface area contributed by atoms with E-state index in [2.05, 4.69) is 41.5 Å². The summed E-state index contributed by atoms with van der Waals surface area (Å²) in [6.45, 7) is 15.1. The summed E-state index contributed by atoms with van der Waals surface area (Å²) in [5.74, 6) is 2.19. The summed E-state index contributed by atoms with van der Waals surface area (Å²) >= 11 is 0. The number of hydrogen-bond acceptors (Lipinski definition) is 8. The fourth-order valence-corrected chi connectivity index (χ4v) is 9.11. The molecule has 0 aromatic heterocycles. The Bertz CT molecular complexity index is 846. The molecule has 0 aromatic rings. The topological polar surface area (TPSA) is 73.8 Å². The Kier molecular flexibility index (Phi) is 9.01. The predicted molar refractivity (Wildman–Crippen MR) is 156 cm³/mol. The zero-order chi connectivity index (χ0) is 29.1. The van der Waals surface area contributed by atoms with Gasteiger partial charge >= 0.3 is 0 Å². The third kappa shape index (κ3) is 5.74. The van der Waals surface area contributed by atoms with Gasteiger partial charge < -0.3 is 37.9 Å². The zero-order valence-corrected chi connectivity index (χ0v) is 26.7. The van der Waals surface area contributed by atoms with Crippen LogP contribution >= 0.6 is 0 Å². The average molecular weight is 593 g/mol. The van der Waals surface area contributed by atoms with Gasteiger partial charge in [-0.2, -0.15) is 0 Å². The number of hydrogen-bond donors (Lipinski definition) is 0. The molecule has 0 amide bonds. The molecule has 7 rings (SSSR count). The zero-order valence-electron chi connectivity index (χ0n) is 26.7. The highest BCUT2D eigenvalue weighted by Crippen LogP contribution is 2.44. The molecular weight excluding hydrogens is 536 g/mol. The first-order chi connectivity index (χ1) is 20.3. The van der Waals surface area contributed by atoms with Crippen LogP contribution in [0, 0.1) is 35.5 Å². The minimum atomic E-state index is -0.377. The quantitative estimate of drug-likeness (QED) is 0.342. The summed E-state index contributed by atoms with van der Waals surface area (Å²) < 4.78 is 54.3. The maximum Gasteiger partial charge on any atom is 0.184 e. The lowest BCUT2D eigenvalue weighted by atomic mass is 9.79. The molecule has 7 aliphatic rings. The average Bonchev–Trinajstić information content (AvgIpc) is 2.99. The highest BCUT2D eigenvalue weighted by Gasteiger charge is 2.51. The molecule has 12 bridgehead atoms. The molecule has 0 spiro atoms. The summed E-state index contributed by atoms with van der Waals surface area (Å²) in [6, 6.07) is 0. The van der Waals surface area contributed by atoms with Crippen molar-refractivity contribution >= 4 is 0 Å². The molecule has 7 aliphatic heterocycles. The Labute approximate surface area is 253 Å². The van der Waals surface area contributed by atoms with Crippen LogP contribution in [0.5, 0.6) is 0 Å². The van der Waals surface area contributed by atoms with Crippen LogP contribution in [-0.2, 0) is 37.9 Å². The molecule has 8 heteroatoms. The van der Waals surface area contributed by atoms with E-state index in [-0.39, 0.29) is 85.5 Å².